The van der Waals surface area contributed by atoms with Crippen LogP contribution in [0.1, 0.15) is 6.92 Å². The molecule has 1 aromatic rings. The number of aromatic nitrogens is 2. The summed E-state index contributed by atoms with van der Waals surface area (Å²) in [5.41, 5.74) is 0. The van der Waals surface area contributed by atoms with Gasteiger partial charge in [0.15, 0.2) is 0 Å². The maximum atomic E-state index is 12.6. The van der Waals surface area contributed by atoms with Gasteiger partial charge in [0.25, 0.3) is 0 Å². The molecule has 4 nitrogen and oxygen atoms in total. The lowest BCUT2D eigenvalue weighted by molar-refractivity contribution is 0.164. The summed E-state index contributed by atoms with van der Waals surface area (Å²) < 4.78 is 17.6. The second-order valence-electron chi connectivity index (χ2n) is 3.17. The number of nitrogens with zero attached hydrogens (tertiary/aromatic N) is 2. The molecule has 0 aliphatic heterocycles. The third-order valence-corrected chi connectivity index (χ3v) is 1.72. The average molecular weight is 199 g/mol. The minimum atomic E-state index is -0.526. The van der Waals surface area contributed by atoms with Gasteiger partial charge in [-0.15, -0.1) is 0 Å². The van der Waals surface area contributed by atoms with Gasteiger partial charge in [-0.1, -0.05) is 6.92 Å². The van der Waals surface area contributed by atoms with Gasteiger partial charge >= 0.3 is 0 Å². The van der Waals surface area contributed by atoms with Crippen LogP contribution in [0.5, 0.6) is 0 Å². The van der Waals surface area contributed by atoms with Crippen LogP contribution in [0.2, 0.25) is 0 Å². The predicted octanol–water partition coefficient (Wildman–Crippen LogP) is 1.31. The van der Waals surface area contributed by atoms with E-state index in [0.717, 1.165) is 0 Å². The summed E-state index contributed by atoms with van der Waals surface area (Å²) in [4.78, 5) is 7.23. The van der Waals surface area contributed by atoms with Gasteiger partial charge in [-0.3, -0.25) is 0 Å². The average Bonchev–Trinajstić information content (AvgIpc) is 2.15. The van der Waals surface area contributed by atoms with Gasteiger partial charge in [0.05, 0.1) is 6.61 Å². The van der Waals surface area contributed by atoms with Crippen LogP contribution >= 0.6 is 0 Å². The van der Waals surface area contributed by atoms with Crippen LogP contribution in [0.4, 0.5) is 10.2 Å². The van der Waals surface area contributed by atoms with Crippen molar-refractivity contribution in [3.8, 4) is 0 Å². The fourth-order valence-electron chi connectivity index (χ4n) is 1.05. The fourth-order valence-corrected chi connectivity index (χ4v) is 1.05. The van der Waals surface area contributed by atoms with Crippen molar-refractivity contribution in [2.45, 2.75) is 6.92 Å². The highest BCUT2D eigenvalue weighted by Crippen LogP contribution is 2.04. The van der Waals surface area contributed by atoms with Crippen LogP contribution < -0.4 is 5.32 Å². The summed E-state index contributed by atoms with van der Waals surface area (Å²) in [5, 5.41) is 3.00. The Morgan fingerprint density at radius 3 is 3.00 bits per heavy atom. The zero-order chi connectivity index (χ0) is 10.4. The van der Waals surface area contributed by atoms with Gasteiger partial charge in [-0.2, -0.15) is 4.39 Å². The van der Waals surface area contributed by atoms with Crippen molar-refractivity contribution in [3.63, 3.8) is 0 Å². The van der Waals surface area contributed by atoms with Crippen molar-refractivity contribution >= 4 is 5.82 Å². The summed E-state index contributed by atoms with van der Waals surface area (Å²) in [6, 6.07) is 1.26. The molecule has 0 bridgehead atoms. The number of hydrogen-bond acceptors (Lipinski definition) is 4. The minimum absolute atomic E-state index is 0.359. The molecule has 78 valence electrons. The molecule has 1 atom stereocenters. The van der Waals surface area contributed by atoms with Crippen LogP contribution in [-0.4, -0.2) is 30.2 Å². The van der Waals surface area contributed by atoms with Gasteiger partial charge in [-0.25, -0.2) is 9.97 Å². The SMILES string of the molecule is COCC(C)CNc1cc(F)ncn1. The fraction of sp³-hybridized carbons (Fsp3) is 0.556. The summed E-state index contributed by atoms with van der Waals surface area (Å²) in [6.07, 6.45) is 1.19. The van der Waals surface area contributed by atoms with E-state index in [1.54, 1.807) is 7.11 Å². The standard InChI is InChI=1S/C9H14FN3O/c1-7(5-14-2)4-11-9-3-8(10)12-6-13-9/h3,6-7H,4-5H2,1-2H3,(H,11,12,13). The molecule has 0 aromatic carbocycles. The topological polar surface area (TPSA) is 47.0 Å². The summed E-state index contributed by atoms with van der Waals surface area (Å²) in [5.74, 6) is 0.334. The van der Waals surface area contributed by atoms with Crippen molar-refractivity contribution in [2.75, 3.05) is 25.6 Å². The van der Waals surface area contributed by atoms with E-state index in [1.807, 2.05) is 6.92 Å². The Morgan fingerprint density at radius 2 is 2.36 bits per heavy atom. The molecule has 1 aromatic heterocycles. The van der Waals surface area contributed by atoms with Crippen LogP contribution in [0, 0.1) is 11.9 Å². The van der Waals surface area contributed by atoms with Crippen molar-refractivity contribution in [3.05, 3.63) is 18.3 Å². The first-order valence-electron chi connectivity index (χ1n) is 4.42. The third kappa shape index (κ3) is 3.66. The van der Waals surface area contributed by atoms with Gasteiger partial charge in [0.1, 0.15) is 12.1 Å². The molecule has 0 spiro atoms. The zero-order valence-corrected chi connectivity index (χ0v) is 8.33. The Balaban J connectivity index is 2.37. The second-order valence-corrected chi connectivity index (χ2v) is 3.17. The molecule has 0 fully saturated rings. The predicted molar refractivity (Wildman–Crippen MR) is 51.5 cm³/mol. The molecular weight excluding hydrogens is 185 g/mol. The number of anilines is 1. The molecule has 0 amide bonds. The maximum absolute atomic E-state index is 12.6. The van der Waals surface area contributed by atoms with E-state index in [-0.39, 0.29) is 0 Å². The number of methoxy groups -OCH3 is 1. The lowest BCUT2D eigenvalue weighted by atomic mass is 10.2. The van der Waals surface area contributed by atoms with E-state index in [4.69, 9.17) is 4.74 Å². The van der Waals surface area contributed by atoms with Gasteiger partial charge < -0.3 is 10.1 Å². The van der Waals surface area contributed by atoms with Crippen molar-refractivity contribution in [2.24, 2.45) is 5.92 Å². The molecule has 1 N–H and O–H groups in total. The molecular formula is C9H14FN3O. The van der Waals surface area contributed by atoms with Crippen LogP contribution in [0.15, 0.2) is 12.4 Å². The highest BCUT2D eigenvalue weighted by molar-refractivity contribution is 5.31. The molecule has 1 rings (SSSR count). The molecule has 0 aliphatic carbocycles. The highest BCUT2D eigenvalue weighted by Gasteiger charge is 2.02. The summed E-state index contributed by atoms with van der Waals surface area (Å²) in [6.45, 7) is 3.40. The smallest absolute Gasteiger partial charge is 0.217 e. The van der Waals surface area contributed by atoms with Crippen LogP contribution in [0.25, 0.3) is 0 Å². The Bertz CT molecular complexity index is 283. The largest absolute Gasteiger partial charge is 0.384 e. The normalized spacial score (nSPS) is 12.5. The van der Waals surface area contributed by atoms with Crippen LogP contribution in [0.3, 0.4) is 0 Å². The first-order chi connectivity index (χ1) is 6.72. The Morgan fingerprint density at radius 1 is 1.57 bits per heavy atom. The monoisotopic (exact) mass is 199 g/mol. The van der Waals surface area contributed by atoms with Gasteiger partial charge in [0.2, 0.25) is 5.95 Å². The number of hydrogen-bond donors (Lipinski definition) is 1. The summed E-state index contributed by atoms with van der Waals surface area (Å²) >= 11 is 0. The van der Waals surface area contributed by atoms with Crippen molar-refractivity contribution < 1.29 is 9.13 Å². The molecule has 14 heavy (non-hydrogen) atoms. The van der Waals surface area contributed by atoms with E-state index >= 15 is 0 Å². The molecule has 1 heterocycles. The Hall–Kier alpha value is -1.23. The number of ether oxygens (including phenoxy) is 1. The first kappa shape index (κ1) is 10.8. The lowest BCUT2D eigenvalue weighted by Crippen LogP contribution is -2.16. The Kier molecular flexibility index (Phi) is 4.25. The number of halogens is 1. The molecule has 5 heteroatoms. The van der Waals surface area contributed by atoms with Gasteiger partial charge in [-0.05, 0) is 5.92 Å². The lowest BCUT2D eigenvalue weighted by Gasteiger charge is -2.11. The number of nitrogens with one attached hydrogen (secondary N) is 1. The van der Waals surface area contributed by atoms with E-state index in [1.165, 1.54) is 12.4 Å². The van der Waals surface area contributed by atoms with E-state index in [0.29, 0.717) is 24.9 Å². The quantitative estimate of drug-likeness (QED) is 0.726. The molecule has 1 unspecified atom stereocenters. The van der Waals surface area contributed by atoms with E-state index in [2.05, 4.69) is 15.3 Å². The van der Waals surface area contributed by atoms with Gasteiger partial charge in [0, 0.05) is 19.7 Å². The molecule has 0 saturated carbocycles. The van der Waals surface area contributed by atoms with Crippen molar-refractivity contribution in [1.82, 2.24) is 9.97 Å². The third-order valence-electron chi connectivity index (χ3n) is 1.72. The van der Waals surface area contributed by atoms with E-state index < -0.39 is 5.95 Å². The first-order valence-corrected chi connectivity index (χ1v) is 4.42. The maximum Gasteiger partial charge on any atom is 0.217 e. The zero-order valence-electron chi connectivity index (χ0n) is 8.33. The molecule has 0 aliphatic rings. The molecule has 0 saturated heterocycles. The van der Waals surface area contributed by atoms with Crippen LogP contribution in [-0.2, 0) is 4.74 Å². The Labute approximate surface area is 82.5 Å². The summed E-state index contributed by atoms with van der Waals surface area (Å²) in [7, 11) is 1.65. The van der Waals surface area contributed by atoms with E-state index in [9.17, 15) is 4.39 Å². The second kappa shape index (κ2) is 5.49. The highest BCUT2D eigenvalue weighted by atomic mass is 19.1. The number of rotatable bonds is 5. The molecule has 0 radical (unpaired) electrons. The van der Waals surface area contributed by atoms with Crippen molar-refractivity contribution in [1.29, 1.82) is 0 Å². The minimum Gasteiger partial charge on any atom is -0.384 e.